The molecule has 0 bridgehead atoms. The smallest absolute Gasteiger partial charge is 0.422 e. The number of aromatic nitrogens is 3. The first-order valence-corrected chi connectivity index (χ1v) is 6.43. The van der Waals surface area contributed by atoms with Crippen LogP contribution in [0, 0.1) is 5.21 Å². The van der Waals surface area contributed by atoms with Crippen LogP contribution in [0.1, 0.15) is 0 Å². The summed E-state index contributed by atoms with van der Waals surface area (Å²) in [5.74, 6) is -0.132. The Kier molecular flexibility index (Phi) is 5.21. The fraction of sp³-hybridized carbons (Fsp3) is 0.250. The van der Waals surface area contributed by atoms with Gasteiger partial charge < -0.3 is 25.8 Å². The standard InChI is InChI=1S/C12H12F3N6O3/c1-16-9-18-10(20-11(19-9)24-6-12(13,14)15)17-7-3-2-4-8(5-7)21(22)23/h2-5,22H,6H2,1H3,(H2,16,17,18,19,20)/q-1. The van der Waals surface area contributed by atoms with E-state index in [2.05, 4.69) is 30.3 Å². The largest absolute Gasteiger partial charge is 0.733 e. The summed E-state index contributed by atoms with van der Waals surface area (Å²) in [5, 5.41) is 24.6. The SMILES string of the molecule is CNc1nc(Nc2cccc(N([O-])O)c2)nc(OCC(F)(F)F)n1. The van der Waals surface area contributed by atoms with E-state index in [0.29, 0.717) is 5.69 Å². The monoisotopic (exact) mass is 345 g/mol. The van der Waals surface area contributed by atoms with Gasteiger partial charge >= 0.3 is 12.2 Å². The molecular weight excluding hydrogens is 333 g/mol. The van der Waals surface area contributed by atoms with Gasteiger partial charge in [0.2, 0.25) is 11.9 Å². The second-order valence-corrected chi connectivity index (χ2v) is 4.37. The summed E-state index contributed by atoms with van der Waals surface area (Å²) in [6.45, 7) is -1.55. The van der Waals surface area contributed by atoms with Crippen molar-refractivity contribution in [3.05, 3.63) is 29.5 Å². The Balaban J connectivity index is 2.21. The summed E-state index contributed by atoms with van der Waals surface area (Å²) < 4.78 is 41.1. The van der Waals surface area contributed by atoms with Gasteiger partial charge in [-0.25, -0.2) is 0 Å². The molecule has 2 aromatic rings. The van der Waals surface area contributed by atoms with E-state index < -0.39 is 18.8 Å². The van der Waals surface area contributed by atoms with Crippen LogP contribution in [0.3, 0.4) is 0 Å². The maximum Gasteiger partial charge on any atom is 0.422 e. The molecule has 0 fully saturated rings. The Labute approximate surface area is 133 Å². The summed E-state index contributed by atoms with van der Waals surface area (Å²) in [7, 11) is 1.47. The van der Waals surface area contributed by atoms with E-state index >= 15 is 0 Å². The third-order valence-corrected chi connectivity index (χ3v) is 2.53. The van der Waals surface area contributed by atoms with Crippen LogP contribution >= 0.6 is 0 Å². The molecule has 0 amide bonds. The normalized spacial score (nSPS) is 11.1. The average molecular weight is 345 g/mol. The number of nitrogens with one attached hydrogen (secondary N) is 2. The average Bonchev–Trinajstić information content (AvgIpc) is 2.52. The summed E-state index contributed by atoms with van der Waals surface area (Å²) in [6, 6.07) is 5.11. The fourth-order valence-corrected chi connectivity index (χ4v) is 1.57. The van der Waals surface area contributed by atoms with Gasteiger partial charge in [0.15, 0.2) is 6.61 Å². The summed E-state index contributed by atoms with van der Waals surface area (Å²) in [4.78, 5) is 11.3. The first-order valence-electron chi connectivity index (χ1n) is 6.43. The van der Waals surface area contributed by atoms with E-state index in [9.17, 15) is 18.4 Å². The highest BCUT2D eigenvalue weighted by atomic mass is 19.4. The van der Waals surface area contributed by atoms with Crippen LogP contribution in [0.5, 0.6) is 6.01 Å². The van der Waals surface area contributed by atoms with Crippen molar-refractivity contribution in [1.29, 1.82) is 0 Å². The molecule has 1 heterocycles. The van der Waals surface area contributed by atoms with E-state index in [1.54, 1.807) is 0 Å². The zero-order valence-corrected chi connectivity index (χ0v) is 12.2. The minimum atomic E-state index is -4.53. The van der Waals surface area contributed by atoms with Crippen LogP contribution in [0.4, 0.5) is 36.4 Å². The van der Waals surface area contributed by atoms with Crippen LogP contribution in [0.2, 0.25) is 0 Å². The fourth-order valence-electron chi connectivity index (χ4n) is 1.57. The summed E-state index contributed by atoms with van der Waals surface area (Å²) in [6.07, 6.45) is -4.53. The predicted molar refractivity (Wildman–Crippen MR) is 78.3 cm³/mol. The van der Waals surface area contributed by atoms with Gasteiger partial charge in [0, 0.05) is 12.7 Å². The molecule has 1 aromatic carbocycles. The van der Waals surface area contributed by atoms with E-state index in [4.69, 9.17) is 5.21 Å². The molecular formula is C12H12F3N6O3-. The molecule has 0 aliphatic carbocycles. The molecule has 0 saturated heterocycles. The van der Waals surface area contributed by atoms with Crippen LogP contribution in [-0.2, 0) is 0 Å². The molecule has 3 N–H and O–H groups in total. The van der Waals surface area contributed by atoms with Crippen LogP contribution in [-0.4, -0.2) is 40.0 Å². The Hall–Kier alpha value is -2.86. The second-order valence-electron chi connectivity index (χ2n) is 4.37. The van der Waals surface area contributed by atoms with E-state index in [0.717, 1.165) is 0 Å². The van der Waals surface area contributed by atoms with E-state index in [1.807, 2.05) is 0 Å². The van der Waals surface area contributed by atoms with Gasteiger partial charge in [-0.2, -0.15) is 28.1 Å². The van der Waals surface area contributed by atoms with Gasteiger partial charge in [-0.1, -0.05) is 6.07 Å². The lowest BCUT2D eigenvalue weighted by Gasteiger charge is -2.22. The topological polar surface area (TPSA) is 118 Å². The first-order chi connectivity index (χ1) is 11.3. The van der Waals surface area contributed by atoms with Crippen LogP contribution in [0.15, 0.2) is 24.3 Å². The quantitative estimate of drug-likeness (QED) is 0.677. The molecule has 0 aliphatic heterocycles. The van der Waals surface area contributed by atoms with Gasteiger partial charge in [0.05, 0.1) is 5.69 Å². The Bertz CT molecular complexity index is 698. The predicted octanol–water partition coefficient (Wildman–Crippen LogP) is 2.29. The lowest BCUT2D eigenvalue weighted by Crippen LogP contribution is -2.20. The number of nitrogens with zero attached hydrogens (tertiary/aromatic N) is 4. The summed E-state index contributed by atoms with van der Waals surface area (Å²) in [5.41, 5.74) is 0.258. The lowest BCUT2D eigenvalue weighted by atomic mass is 10.3. The highest BCUT2D eigenvalue weighted by molar-refractivity contribution is 5.61. The maximum atomic E-state index is 12.2. The zero-order valence-electron chi connectivity index (χ0n) is 12.2. The van der Waals surface area contributed by atoms with Gasteiger partial charge in [-0.3, -0.25) is 5.21 Å². The number of alkyl halides is 3. The zero-order chi connectivity index (χ0) is 17.7. The molecule has 0 spiro atoms. The molecule has 0 atom stereocenters. The Morgan fingerprint density at radius 1 is 1.25 bits per heavy atom. The maximum absolute atomic E-state index is 12.2. The van der Waals surface area contributed by atoms with Crippen LogP contribution in [0.25, 0.3) is 0 Å². The van der Waals surface area contributed by atoms with E-state index in [-0.39, 0.29) is 22.8 Å². The number of halogens is 3. The molecule has 0 unspecified atom stereocenters. The second kappa shape index (κ2) is 7.14. The van der Waals surface area contributed by atoms with Crippen molar-refractivity contribution in [1.82, 2.24) is 15.0 Å². The van der Waals surface area contributed by atoms with Crippen molar-refractivity contribution in [3.8, 4) is 6.01 Å². The third-order valence-electron chi connectivity index (χ3n) is 2.53. The van der Waals surface area contributed by atoms with Crippen molar-refractivity contribution < 1.29 is 23.1 Å². The third kappa shape index (κ3) is 5.10. The molecule has 1 aromatic heterocycles. The first kappa shape index (κ1) is 17.5. The van der Waals surface area contributed by atoms with Crippen molar-refractivity contribution in [3.63, 3.8) is 0 Å². The molecule has 130 valence electrons. The molecule has 0 saturated carbocycles. The van der Waals surface area contributed by atoms with Gasteiger partial charge in [-0.15, -0.1) is 0 Å². The number of benzene rings is 1. The molecule has 9 nitrogen and oxygen atoms in total. The number of anilines is 4. The number of hydrogen-bond donors (Lipinski definition) is 3. The number of rotatable bonds is 6. The molecule has 12 heteroatoms. The molecule has 0 aliphatic rings. The molecule has 0 radical (unpaired) electrons. The summed E-state index contributed by atoms with van der Waals surface area (Å²) >= 11 is 0. The minimum absolute atomic E-state index is 0.0200. The molecule has 24 heavy (non-hydrogen) atoms. The van der Waals surface area contributed by atoms with Crippen molar-refractivity contribution in [2.75, 3.05) is 29.5 Å². The van der Waals surface area contributed by atoms with Gasteiger partial charge in [-0.05, 0) is 18.2 Å². The minimum Gasteiger partial charge on any atom is -0.733 e. The Morgan fingerprint density at radius 2 is 1.96 bits per heavy atom. The van der Waals surface area contributed by atoms with Gasteiger partial charge in [0.25, 0.3) is 0 Å². The highest BCUT2D eigenvalue weighted by Gasteiger charge is 2.29. The van der Waals surface area contributed by atoms with Crippen molar-refractivity contribution >= 4 is 23.3 Å². The van der Waals surface area contributed by atoms with Crippen molar-refractivity contribution in [2.45, 2.75) is 6.18 Å². The Morgan fingerprint density at radius 3 is 2.58 bits per heavy atom. The lowest BCUT2D eigenvalue weighted by molar-refractivity contribution is -0.154. The molecule has 2 rings (SSSR count). The number of hydrogen-bond acceptors (Lipinski definition) is 9. The van der Waals surface area contributed by atoms with Crippen LogP contribution < -0.4 is 20.6 Å². The van der Waals surface area contributed by atoms with Crippen molar-refractivity contribution in [2.24, 2.45) is 0 Å². The number of ether oxygens (including phenoxy) is 1. The highest BCUT2D eigenvalue weighted by Crippen LogP contribution is 2.22. The van der Waals surface area contributed by atoms with E-state index in [1.165, 1.54) is 31.3 Å². The van der Waals surface area contributed by atoms with Gasteiger partial charge in [0.1, 0.15) is 0 Å².